The first-order chi connectivity index (χ1) is 8.15. The van der Waals surface area contributed by atoms with Crippen LogP contribution < -0.4 is 14.4 Å². The van der Waals surface area contributed by atoms with Gasteiger partial charge in [0.1, 0.15) is 17.3 Å². The third-order valence-electron chi connectivity index (χ3n) is 3.08. The van der Waals surface area contributed by atoms with Crippen molar-refractivity contribution in [3.05, 3.63) is 17.7 Å². The van der Waals surface area contributed by atoms with Crippen LogP contribution in [0.25, 0.3) is 0 Å². The van der Waals surface area contributed by atoms with Gasteiger partial charge >= 0.3 is 0 Å². The number of Topliss-reactive ketones (excluding diaryl/α,β-unsaturated/α-hetero) is 1. The van der Waals surface area contributed by atoms with E-state index in [9.17, 15) is 4.79 Å². The molecule has 1 aromatic rings. The van der Waals surface area contributed by atoms with Crippen molar-refractivity contribution >= 4 is 11.5 Å². The SMILES string of the molecule is COc1cc2c(c(OC)c1)N(C)CCC(=O)C2. The molecule has 1 aliphatic rings. The molecule has 0 saturated carbocycles. The van der Waals surface area contributed by atoms with Crippen LogP contribution in [0.5, 0.6) is 11.5 Å². The third kappa shape index (κ3) is 2.20. The summed E-state index contributed by atoms with van der Waals surface area (Å²) in [5, 5.41) is 0. The van der Waals surface area contributed by atoms with Gasteiger partial charge in [-0.3, -0.25) is 4.79 Å². The number of ketones is 1. The third-order valence-corrected chi connectivity index (χ3v) is 3.08. The van der Waals surface area contributed by atoms with Crippen molar-refractivity contribution in [3.8, 4) is 11.5 Å². The van der Waals surface area contributed by atoms with E-state index in [4.69, 9.17) is 9.47 Å². The molecule has 4 heteroatoms. The van der Waals surface area contributed by atoms with Crippen molar-refractivity contribution in [2.45, 2.75) is 12.8 Å². The summed E-state index contributed by atoms with van der Waals surface area (Å²) < 4.78 is 10.6. The lowest BCUT2D eigenvalue weighted by molar-refractivity contribution is -0.118. The summed E-state index contributed by atoms with van der Waals surface area (Å²) in [6.45, 7) is 0.731. The Morgan fingerprint density at radius 1 is 1.24 bits per heavy atom. The lowest BCUT2D eigenvalue weighted by Gasteiger charge is -2.22. The number of anilines is 1. The van der Waals surface area contributed by atoms with Crippen molar-refractivity contribution in [2.24, 2.45) is 0 Å². The number of carbonyl (C=O) groups is 1. The number of methoxy groups -OCH3 is 2. The fourth-order valence-corrected chi connectivity index (χ4v) is 2.18. The van der Waals surface area contributed by atoms with Crippen LogP contribution in [0.1, 0.15) is 12.0 Å². The molecule has 17 heavy (non-hydrogen) atoms. The van der Waals surface area contributed by atoms with E-state index in [2.05, 4.69) is 4.90 Å². The Kier molecular flexibility index (Phi) is 3.22. The summed E-state index contributed by atoms with van der Waals surface area (Å²) in [4.78, 5) is 13.8. The van der Waals surface area contributed by atoms with Crippen molar-refractivity contribution in [2.75, 3.05) is 32.7 Å². The Hall–Kier alpha value is -1.71. The van der Waals surface area contributed by atoms with Crippen LogP contribution in [-0.2, 0) is 11.2 Å². The molecule has 0 amide bonds. The van der Waals surface area contributed by atoms with Gasteiger partial charge in [-0.1, -0.05) is 0 Å². The van der Waals surface area contributed by atoms with Crippen molar-refractivity contribution in [1.82, 2.24) is 0 Å². The maximum absolute atomic E-state index is 11.7. The molecule has 92 valence electrons. The van der Waals surface area contributed by atoms with E-state index in [1.54, 1.807) is 14.2 Å². The molecule has 1 aliphatic heterocycles. The molecule has 4 nitrogen and oxygen atoms in total. The average Bonchev–Trinajstić information content (AvgIpc) is 2.47. The van der Waals surface area contributed by atoms with Gasteiger partial charge in [-0.2, -0.15) is 0 Å². The van der Waals surface area contributed by atoms with E-state index < -0.39 is 0 Å². The topological polar surface area (TPSA) is 38.8 Å². The molecule has 1 aromatic carbocycles. The highest BCUT2D eigenvalue weighted by Crippen LogP contribution is 2.37. The summed E-state index contributed by atoms with van der Waals surface area (Å²) in [7, 11) is 5.23. The van der Waals surface area contributed by atoms with Crippen molar-refractivity contribution in [1.29, 1.82) is 0 Å². The fraction of sp³-hybridized carbons (Fsp3) is 0.462. The van der Waals surface area contributed by atoms with Gasteiger partial charge < -0.3 is 14.4 Å². The first-order valence-corrected chi connectivity index (χ1v) is 5.63. The first kappa shape index (κ1) is 11.8. The second kappa shape index (κ2) is 4.65. The van der Waals surface area contributed by atoms with Crippen LogP contribution in [0.4, 0.5) is 5.69 Å². The van der Waals surface area contributed by atoms with Crippen LogP contribution in [0.3, 0.4) is 0 Å². The highest BCUT2D eigenvalue weighted by Gasteiger charge is 2.21. The van der Waals surface area contributed by atoms with Crippen LogP contribution in [0.2, 0.25) is 0 Å². The Bertz CT molecular complexity index is 443. The van der Waals surface area contributed by atoms with Crippen LogP contribution in [-0.4, -0.2) is 33.6 Å². The van der Waals surface area contributed by atoms with Crippen LogP contribution in [0, 0.1) is 0 Å². The molecule has 0 fully saturated rings. The number of hydrogen-bond donors (Lipinski definition) is 0. The van der Waals surface area contributed by atoms with E-state index in [1.807, 2.05) is 19.2 Å². The minimum absolute atomic E-state index is 0.255. The molecular weight excluding hydrogens is 218 g/mol. The summed E-state index contributed by atoms with van der Waals surface area (Å²) in [5.74, 6) is 1.74. The number of ether oxygens (including phenoxy) is 2. The Morgan fingerprint density at radius 3 is 2.65 bits per heavy atom. The Morgan fingerprint density at radius 2 is 2.00 bits per heavy atom. The second-order valence-electron chi connectivity index (χ2n) is 4.22. The monoisotopic (exact) mass is 235 g/mol. The number of nitrogens with zero attached hydrogens (tertiary/aromatic N) is 1. The minimum atomic E-state index is 0.255. The smallest absolute Gasteiger partial charge is 0.146 e. The van der Waals surface area contributed by atoms with Gasteiger partial charge in [0.05, 0.1) is 19.9 Å². The molecule has 0 radical (unpaired) electrons. The number of rotatable bonds is 2. The quantitative estimate of drug-likeness (QED) is 0.781. The van der Waals surface area contributed by atoms with E-state index in [1.165, 1.54) is 0 Å². The lowest BCUT2D eigenvalue weighted by atomic mass is 10.1. The molecule has 0 N–H and O–H groups in total. The minimum Gasteiger partial charge on any atom is -0.497 e. The summed E-state index contributed by atoms with van der Waals surface area (Å²) >= 11 is 0. The number of benzene rings is 1. The molecule has 2 rings (SSSR count). The maximum atomic E-state index is 11.7. The van der Waals surface area contributed by atoms with Gasteiger partial charge in [0.25, 0.3) is 0 Å². The number of fused-ring (bicyclic) bond motifs is 1. The molecule has 0 saturated heterocycles. The number of carbonyl (C=O) groups excluding carboxylic acids is 1. The average molecular weight is 235 g/mol. The van der Waals surface area contributed by atoms with Crippen molar-refractivity contribution < 1.29 is 14.3 Å². The molecule has 0 bridgehead atoms. The van der Waals surface area contributed by atoms with E-state index in [0.717, 1.165) is 29.3 Å². The van der Waals surface area contributed by atoms with Gasteiger partial charge in [-0.15, -0.1) is 0 Å². The molecule has 0 aliphatic carbocycles. The number of hydrogen-bond acceptors (Lipinski definition) is 4. The normalized spacial score (nSPS) is 15.2. The molecular formula is C13H17NO3. The zero-order chi connectivity index (χ0) is 12.4. The zero-order valence-electron chi connectivity index (χ0n) is 10.4. The standard InChI is InChI=1S/C13H17NO3/c1-14-5-4-10(15)6-9-7-11(16-2)8-12(17-3)13(9)14/h7-8H,4-6H2,1-3H3. The summed E-state index contributed by atoms with van der Waals surface area (Å²) in [5.41, 5.74) is 1.98. The molecule has 0 atom stereocenters. The predicted molar refractivity (Wildman–Crippen MR) is 66.1 cm³/mol. The van der Waals surface area contributed by atoms with E-state index >= 15 is 0 Å². The van der Waals surface area contributed by atoms with Gasteiger partial charge in [0.2, 0.25) is 0 Å². The Labute approximate surface area is 101 Å². The molecule has 1 heterocycles. The Balaban J connectivity index is 2.56. The van der Waals surface area contributed by atoms with Gasteiger partial charge in [0.15, 0.2) is 0 Å². The lowest BCUT2D eigenvalue weighted by Crippen LogP contribution is -2.19. The first-order valence-electron chi connectivity index (χ1n) is 5.63. The predicted octanol–water partition coefficient (Wildman–Crippen LogP) is 1.66. The largest absolute Gasteiger partial charge is 0.497 e. The highest BCUT2D eigenvalue weighted by molar-refractivity contribution is 5.86. The summed E-state index contributed by atoms with van der Waals surface area (Å²) in [6.07, 6.45) is 1.03. The zero-order valence-corrected chi connectivity index (χ0v) is 10.4. The highest BCUT2D eigenvalue weighted by atomic mass is 16.5. The van der Waals surface area contributed by atoms with Crippen LogP contribution >= 0.6 is 0 Å². The van der Waals surface area contributed by atoms with Gasteiger partial charge in [-0.25, -0.2) is 0 Å². The maximum Gasteiger partial charge on any atom is 0.146 e. The van der Waals surface area contributed by atoms with Gasteiger partial charge in [0, 0.05) is 32.5 Å². The fourth-order valence-electron chi connectivity index (χ4n) is 2.18. The second-order valence-corrected chi connectivity index (χ2v) is 4.22. The van der Waals surface area contributed by atoms with E-state index in [0.29, 0.717) is 12.8 Å². The molecule has 0 spiro atoms. The van der Waals surface area contributed by atoms with Crippen LogP contribution in [0.15, 0.2) is 12.1 Å². The molecule has 0 aromatic heterocycles. The van der Waals surface area contributed by atoms with E-state index in [-0.39, 0.29) is 5.78 Å². The van der Waals surface area contributed by atoms with Gasteiger partial charge in [-0.05, 0) is 11.6 Å². The summed E-state index contributed by atoms with van der Waals surface area (Å²) in [6, 6.07) is 3.77. The van der Waals surface area contributed by atoms with Crippen molar-refractivity contribution in [3.63, 3.8) is 0 Å². The molecule has 0 unspecified atom stereocenters.